The number of aliphatic hydroxyl groups excluding tert-OH is 1. The number of ketones is 1. The lowest BCUT2D eigenvalue weighted by Crippen LogP contribution is -2.51. The number of hydrogen-bond donors (Lipinski definition) is 1. The topological polar surface area (TPSA) is 191 Å². The fourth-order valence-electron chi connectivity index (χ4n) is 8.24. The second-order valence-electron chi connectivity index (χ2n) is 16.4. The molecule has 2 saturated heterocycles. The molecule has 3 amide bonds. The number of aliphatic hydroxyl groups is 1. The number of pyridine rings is 1. The Morgan fingerprint density at radius 3 is 2.35 bits per heavy atom. The highest BCUT2D eigenvalue weighted by atomic mass is 33.1. The quantitative estimate of drug-likeness (QED) is 0.0548. The predicted octanol–water partition coefficient (Wildman–Crippen LogP) is 6.85. The van der Waals surface area contributed by atoms with E-state index in [1.807, 2.05) is 6.92 Å². The number of aryl methyl sites for hydroxylation is 1. The van der Waals surface area contributed by atoms with E-state index in [9.17, 15) is 34.4 Å². The number of benzene rings is 2. The summed E-state index contributed by atoms with van der Waals surface area (Å²) in [6, 6.07) is 8.43. The van der Waals surface area contributed by atoms with Gasteiger partial charge in [0.1, 0.15) is 23.6 Å². The maximum atomic E-state index is 14.0. The average Bonchev–Trinajstić information content (AvgIpc) is 3.80. The summed E-state index contributed by atoms with van der Waals surface area (Å²) in [6.07, 6.45) is 3.52. The van der Waals surface area contributed by atoms with Gasteiger partial charge in [-0.3, -0.25) is 24.5 Å². The van der Waals surface area contributed by atoms with Gasteiger partial charge in [-0.15, -0.1) is 0 Å². The molecule has 1 saturated carbocycles. The Labute approximate surface area is 366 Å². The Morgan fingerprint density at radius 1 is 0.952 bits per heavy atom. The van der Waals surface area contributed by atoms with Crippen molar-refractivity contribution in [2.45, 2.75) is 86.4 Å². The van der Waals surface area contributed by atoms with Crippen LogP contribution in [-0.4, -0.2) is 112 Å². The fourth-order valence-corrected chi connectivity index (χ4v) is 10.8. The van der Waals surface area contributed by atoms with E-state index in [1.54, 1.807) is 40.1 Å². The number of unbranched alkanes of at least 4 members (excludes halogenated alkanes) is 2. The van der Waals surface area contributed by atoms with Crippen molar-refractivity contribution in [2.24, 2.45) is 0 Å². The molecule has 0 bridgehead atoms. The van der Waals surface area contributed by atoms with Crippen LogP contribution in [0.5, 0.6) is 17.2 Å². The smallest absolute Gasteiger partial charge is 0.416 e. The third-order valence-electron chi connectivity index (χ3n) is 11.8. The molecular formula is C44H47N5O11S2. The van der Waals surface area contributed by atoms with E-state index in [2.05, 4.69) is 18.1 Å². The van der Waals surface area contributed by atoms with E-state index >= 15 is 0 Å². The van der Waals surface area contributed by atoms with Crippen molar-refractivity contribution in [2.75, 3.05) is 44.9 Å². The summed E-state index contributed by atoms with van der Waals surface area (Å²) in [5.41, 5.74) is 3.69. The van der Waals surface area contributed by atoms with E-state index in [0.29, 0.717) is 84.4 Å². The number of Topliss-reactive ketones (excluding diaryl/α,β-unsaturated/α-hetero) is 1. The van der Waals surface area contributed by atoms with E-state index in [0.717, 1.165) is 35.3 Å². The van der Waals surface area contributed by atoms with Crippen LogP contribution in [0.25, 0.3) is 0 Å². The van der Waals surface area contributed by atoms with Crippen molar-refractivity contribution in [3.63, 3.8) is 0 Å². The summed E-state index contributed by atoms with van der Waals surface area (Å²) in [4.78, 5) is 73.4. The molecule has 3 aromatic rings. The molecule has 1 aromatic heterocycles. The molecule has 1 N–H and O–H groups in total. The first-order valence-electron chi connectivity index (χ1n) is 20.4. The lowest BCUT2D eigenvalue weighted by Gasteiger charge is -2.32. The fraction of sp³-hybridized carbons (Fsp3) is 0.432. The van der Waals surface area contributed by atoms with Gasteiger partial charge >= 0.3 is 6.09 Å². The first-order chi connectivity index (χ1) is 29.8. The third-order valence-corrected chi connectivity index (χ3v) is 15.0. The molecule has 0 radical (unpaired) electrons. The number of rotatable bonds is 15. The van der Waals surface area contributed by atoms with Crippen LogP contribution in [0, 0.1) is 17.0 Å². The van der Waals surface area contributed by atoms with Gasteiger partial charge in [0.15, 0.2) is 23.5 Å². The number of nitrogens with zero attached hydrogens (tertiary/aromatic N) is 5. The van der Waals surface area contributed by atoms with Crippen LogP contribution >= 0.6 is 21.6 Å². The minimum atomic E-state index is -1.42. The second kappa shape index (κ2) is 17.6. The molecular weight excluding hydrogens is 839 g/mol. The molecule has 3 fully saturated rings. The highest BCUT2D eigenvalue weighted by Crippen LogP contribution is 2.55. The largest absolute Gasteiger partial charge is 0.493 e. The van der Waals surface area contributed by atoms with Gasteiger partial charge in [-0.05, 0) is 98.1 Å². The Bertz CT molecular complexity index is 2350. The van der Waals surface area contributed by atoms with Gasteiger partial charge in [0.2, 0.25) is 0 Å². The number of amides is 3. The number of hydrogen-bond acceptors (Lipinski definition) is 14. The normalized spacial score (nSPS) is 21.1. The highest BCUT2D eigenvalue weighted by molar-refractivity contribution is 8.77. The standard InChI is InChI=1S/C44H47N5O11S2/c1-25-14-33-35(50)17-28-18-38(37(57-4)19-30(28)40(51)46(33)22-25)59-13-7-5-6-12-58-36-20-32-31(16-27(36)3)41(52)47-23-26(2)15-34(47)42(53)48(32)43(54)60-24-44(10-11-44)62-61-39-9-8-29(21-45-39)49(55)56/h8-9,16,18-21,33-34,42,53H,1-2,5-7,10-15,17,22-24H2,3-4H3/t33-,34-,42-/m0/s1. The van der Waals surface area contributed by atoms with Gasteiger partial charge in [0.25, 0.3) is 17.5 Å². The summed E-state index contributed by atoms with van der Waals surface area (Å²) >= 11 is 0. The number of anilines is 1. The summed E-state index contributed by atoms with van der Waals surface area (Å²) < 4.78 is 23.4. The Kier molecular flexibility index (Phi) is 12.3. The predicted molar refractivity (Wildman–Crippen MR) is 231 cm³/mol. The van der Waals surface area contributed by atoms with Gasteiger partial charge in [-0.1, -0.05) is 35.1 Å². The van der Waals surface area contributed by atoms with Crippen molar-refractivity contribution in [1.82, 2.24) is 14.8 Å². The summed E-state index contributed by atoms with van der Waals surface area (Å²) in [5, 5.41) is 23.4. The lowest BCUT2D eigenvalue weighted by atomic mass is 9.99. The molecule has 4 aliphatic heterocycles. The minimum Gasteiger partial charge on any atom is -0.493 e. The van der Waals surface area contributed by atoms with Crippen molar-refractivity contribution in [3.05, 3.63) is 99.3 Å². The first-order valence-corrected chi connectivity index (χ1v) is 22.6. The zero-order chi connectivity index (χ0) is 43.9. The van der Waals surface area contributed by atoms with Gasteiger partial charge in [0, 0.05) is 37.2 Å². The first kappa shape index (κ1) is 43.1. The van der Waals surface area contributed by atoms with Crippen molar-refractivity contribution >= 4 is 56.7 Å². The van der Waals surface area contributed by atoms with E-state index in [1.165, 1.54) is 41.0 Å². The van der Waals surface area contributed by atoms with Crippen molar-refractivity contribution < 1.29 is 48.2 Å². The molecule has 0 unspecified atom stereocenters. The average molecular weight is 886 g/mol. The summed E-state index contributed by atoms with van der Waals surface area (Å²) in [7, 11) is 4.33. The number of ether oxygens (including phenoxy) is 4. The summed E-state index contributed by atoms with van der Waals surface area (Å²) in [5.74, 6) is 0.770. The van der Waals surface area contributed by atoms with Crippen LogP contribution in [0.1, 0.15) is 76.8 Å². The molecule has 5 aliphatic rings. The number of carbonyl (C=O) groups excluding carboxylic acids is 4. The van der Waals surface area contributed by atoms with Crippen molar-refractivity contribution in [1.29, 1.82) is 0 Å². The van der Waals surface area contributed by atoms with Crippen molar-refractivity contribution in [3.8, 4) is 17.2 Å². The molecule has 3 atom stereocenters. The van der Waals surface area contributed by atoms with Gasteiger partial charge < -0.3 is 33.9 Å². The molecule has 5 heterocycles. The lowest BCUT2D eigenvalue weighted by molar-refractivity contribution is -0.385. The monoisotopic (exact) mass is 885 g/mol. The molecule has 2 aromatic carbocycles. The second-order valence-corrected chi connectivity index (χ2v) is 19.0. The molecule has 62 heavy (non-hydrogen) atoms. The van der Waals surface area contributed by atoms with Crippen LogP contribution in [0.15, 0.2) is 71.9 Å². The molecule has 8 rings (SSSR count). The van der Waals surface area contributed by atoms with Gasteiger partial charge in [-0.25, -0.2) is 14.7 Å². The van der Waals surface area contributed by atoms with E-state index in [-0.39, 0.29) is 54.1 Å². The SMILES string of the molecule is C=C1C[C@H]2C(=O)Cc3cc(OCCCCCOc4cc5c(cc4C)C(=O)N4CC(=C)C[C@H]4[C@H](O)N5C(=O)OCC4(SSc5ccc([N+](=O)[O-])cn5)CC4)c(OC)cc3C(=O)N2C1. The molecule has 326 valence electrons. The van der Waals surface area contributed by atoms with Crippen LogP contribution in [0.2, 0.25) is 0 Å². The molecule has 16 nitrogen and oxygen atoms in total. The van der Waals surface area contributed by atoms with E-state index < -0.39 is 34.1 Å². The molecule has 0 spiro atoms. The van der Waals surface area contributed by atoms with Gasteiger partial charge in [0.05, 0.1) is 53.3 Å². The Hall–Kier alpha value is -5.59. The van der Waals surface area contributed by atoms with Crippen LogP contribution in [0.4, 0.5) is 16.2 Å². The number of methoxy groups -OCH3 is 1. The molecule has 18 heteroatoms. The number of nitro groups is 1. The summed E-state index contributed by atoms with van der Waals surface area (Å²) in [6.45, 7) is 11.2. The number of aromatic nitrogens is 1. The zero-order valence-electron chi connectivity index (χ0n) is 34.5. The van der Waals surface area contributed by atoms with Gasteiger partial charge in [-0.2, -0.15) is 0 Å². The maximum Gasteiger partial charge on any atom is 0.416 e. The van der Waals surface area contributed by atoms with Crippen LogP contribution < -0.4 is 19.1 Å². The Balaban J connectivity index is 0.890. The minimum absolute atomic E-state index is 0.0211. The zero-order valence-corrected chi connectivity index (χ0v) is 36.1. The Morgan fingerprint density at radius 2 is 1.66 bits per heavy atom. The number of carbonyl (C=O) groups is 4. The number of fused-ring (bicyclic) bond motifs is 4. The van der Waals surface area contributed by atoms with Crippen LogP contribution in [-0.2, 0) is 16.0 Å². The van der Waals surface area contributed by atoms with E-state index in [4.69, 9.17) is 18.9 Å². The highest BCUT2D eigenvalue weighted by Gasteiger charge is 2.49. The maximum absolute atomic E-state index is 14.0. The molecule has 1 aliphatic carbocycles. The third kappa shape index (κ3) is 8.72. The van der Waals surface area contributed by atoms with Crippen LogP contribution in [0.3, 0.4) is 0 Å².